The molecule has 1 saturated heterocycles. The van der Waals surface area contributed by atoms with E-state index in [4.69, 9.17) is 0 Å². The van der Waals surface area contributed by atoms with Crippen molar-refractivity contribution in [1.29, 1.82) is 0 Å². The Morgan fingerprint density at radius 1 is 1.15 bits per heavy atom. The second-order valence-corrected chi connectivity index (χ2v) is 3.28. The minimum atomic E-state index is -0.357. The smallest absolute Gasteiger partial charge is 0.289 e. The normalized spacial score (nSPS) is 18.8. The van der Waals surface area contributed by atoms with Gasteiger partial charge in [-0.1, -0.05) is 6.92 Å². The molecule has 1 fully saturated rings. The summed E-state index contributed by atoms with van der Waals surface area (Å²) < 4.78 is 0. The molecule has 0 spiro atoms. The molecule has 0 N–H and O–H groups in total. The summed E-state index contributed by atoms with van der Waals surface area (Å²) in [7, 11) is 0. The molecule has 1 amide bonds. The molecule has 4 heteroatoms. The number of nitrogens with zero attached hydrogens (tertiary/aromatic N) is 2. The van der Waals surface area contributed by atoms with Crippen LogP contribution in [0.15, 0.2) is 0 Å². The molecule has 0 radical (unpaired) electrons. The van der Waals surface area contributed by atoms with Crippen molar-refractivity contribution < 1.29 is 9.59 Å². The number of amides is 1. The first-order chi connectivity index (χ1) is 6.15. The van der Waals surface area contributed by atoms with Crippen LogP contribution in [-0.4, -0.2) is 54.2 Å². The summed E-state index contributed by atoms with van der Waals surface area (Å²) in [5.41, 5.74) is 0. The molecule has 1 heterocycles. The lowest BCUT2D eigenvalue weighted by Crippen LogP contribution is -2.50. The zero-order chi connectivity index (χ0) is 9.84. The maximum Gasteiger partial charge on any atom is 0.289 e. The fourth-order valence-corrected chi connectivity index (χ4v) is 1.49. The number of carbonyl (C=O) groups is 2. The Hall–Kier alpha value is -0.900. The van der Waals surface area contributed by atoms with E-state index in [1.807, 2.05) is 0 Å². The van der Waals surface area contributed by atoms with Crippen LogP contribution in [0.2, 0.25) is 0 Å². The Labute approximate surface area is 78.5 Å². The Kier molecular flexibility index (Phi) is 3.42. The van der Waals surface area contributed by atoms with Gasteiger partial charge in [-0.25, -0.2) is 0 Å². The van der Waals surface area contributed by atoms with Gasteiger partial charge in [-0.05, 0) is 6.54 Å². The summed E-state index contributed by atoms with van der Waals surface area (Å²) in [6.45, 7) is 7.59. The molecule has 0 atom stereocenters. The second kappa shape index (κ2) is 4.37. The van der Waals surface area contributed by atoms with Gasteiger partial charge in [-0.3, -0.25) is 9.59 Å². The number of rotatable bonds is 2. The largest absolute Gasteiger partial charge is 0.334 e. The number of hydrogen-bond donors (Lipinski definition) is 0. The van der Waals surface area contributed by atoms with Crippen molar-refractivity contribution in [2.24, 2.45) is 0 Å². The van der Waals surface area contributed by atoms with E-state index in [0.717, 1.165) is 19.6 Å². The van der Waals surface area contributed by atoms with E-state index in [-0.39, 0.29) is 11.7 Å². The summed E-state index contributed by atoms with van der Waals surface area (Å²) in [6.07, 6.45) is 0. The number of piperazine rings is 1. The van der Waals surface area contributed by atoms with Crippen LogP contribution in [0.3, 0.4) is 0 Å². The lowest BCUT2D eigenvalue weighted by molar-refractivity contribution is -0.144. The van der Waals surface area contributed by atoms with Crippen molar-refractivity contribution in [2.75, 3.05) is 32.7 Å². The molecule has 0 aliphatic carbocycles. The monoisotopic (exact) mass is 184 g/mol. The van der Waals surface area contributed by atoms with E-state index < -0.39 is 0 Å². The molecule has 0 saturated carbocycles. The number of likely N-dealkylation sites (N-methyl/N-ethyl adjacent to an activating group) is 1. The van der Waals surface area contributed by atoms with Crippen molar-refractivity contribution in [3.05, 3.63) is 0 Å². The molecule has 0 unspecified atom stereocenters. The first-order valence-electron chi connectivity index (χ1n) is 4.67. The number of Topliss-reactive ketones (excluding diaryl/α,β-unsaturated/α-hetero) is 1. The van der Waals surface area contributed by atoms with Crippen molar-refractivity contribution in [3.63, 3.8) is 0 Å². The summed E-state index contributed by atoms with van der Waals surface area (Å²) in [4.78, 5) is 25.9. The Balaban J connectivity index is 2.41. The fourth-order valence-electron chi connectivity index (χ4n) is 1.49. The van der Waals surface area contributed by atoms with Gasteiger partial charge in [0.2, 0.25) is 5.78 Å². The predicted octanol–water partition coefficient (Wildman–Crippen LogP) is -0.261. The van der Waals surface area contributed by atoms with Crippen molar-refractivity contribution in [3.8, 4) is 0 Å². The number of ketones is 1. The molecule has 1 rings (SSSR count). The van der Waals surface area contributed by atoms with Crippen LogP contribution in [0.5, 0.6) is 0 Å². The van der Waals surface area contributed by atoms with Gasteiger partial charge in [0.25, 0.3) is 5.91 Å². The third-order valence-corrected chi connectivity index (χ3v) is 2.41. The standard InChI is InChI=1S/C9H16N2O2/c1-3-10-4-6-11(7-5-10)9(13)8(2)12/h3-7H2,1-2H3. The minimum absolute atomic E-state index is 0.337. The quantitative estimate of drug-likeness (QED) is 0.555. The molecule has 1 aliphatic heterocycles. The zero-order valence-electron chi connectivity index (χ0n) is 8.25. The van der Waals surface area contributed by atoms with Crippen LogP contribution < -0.4 is 0 Å². The highest BCUT2D eigenvalue weighted by molar-refractivity contribution is 6.35. The molecule has 0 aromatic rings. The highest BCUT2D eigenvalue weighted by Gasteiger charge is 2.22. The van der Waals surface area contributed by atoms with Gasteiger partial charge in [0.15, 0.2) is 0 Å². The van der Waals surface area contributed by atoms with E-state index in [2.05, 4.69) is 11.8 Å². The van der Waals surface area contributed by atoms with E-state index in [9.17, 15) is 9.59 Å². The Bertz CT molecular complexity index is 208. The molecule has 74 valence electrons. The molecule has 0 aromatic carbocycles. The summed E-state index contributed by atoms with van der Waals surface area (Å²) in [5.74, 6) is -0.694. The van der Waals surface area contributed by atoms with Gasteiger partial charge < -0.3 is 9.80 Å². The van der Waals surface area contributed by atoms with Gasteiger partial charge in [0, 0.05) is 33.1 Å². The van der Waals surface area contributed by atoms with Crippen molar-refractivity contribution in [2.45, 2.75) is 13.8 Å². The zero-order valence-corrected chi connectivity index (χ0v) is 8.25. The number of carbonyl (C=O) groups excluding carboxylic acids is 2. The maximum absolute atomic E-state index is 11.3. The van der Waals surface area contributed by atoms with Crippen LogP contribution in [0.1, 0.15) is 13.8 Å². The van der Waals surface area contributed by atoms with Crippen molar-refractivity contribution >= 4 is 11.7 Å². The van der Waals surface area contributed by atoms with E-state index >= 15 is 0 Å². The van der Waals surface area contributed by atoms with Gasteiger partial charge in [-0.15, -0.1) is 0 Å². The molecule has 0 bridgehead atoms. The fraction of sp³-hybridized carbons (Fsp3) is 0.778. The minimum Gasteiger partial charge on any atom is -0.334 e. The van der Waals surface area contributed by atoms with E-state index in [1.165, 1.54) is 6.92 Å². The van der Waals surface area contributed by atoms with Crippen LogP contribution in [0.25, 0.3) is 0 Å². The molecular formula is C9H16N2O2. The first-order valence-corrected chi connectivity index (χ1v) is 4.67. The number of hydrogen-bond acceptors (Lipinski definition) is 3. The summed E-state index contributed by atoms with van der Waals surface area (Å²) in [6, 6.07) is 0. The van der Waals surface area contributed by atoms with Crippen molar-refractivity contribution in [1.82, 2.24) is 9.80 Å². The molecule has 0 aromatic heterocycles. The molecule has 1 aliphatic rings. The van der Waals surface area contributed by atoms with Crippen LogP contribution in [-0.2, 0) is 9.59 Å². The predicted molar refractivity (Wildman–Crippen MR) is 49.4 cm³/mol. The average Bonchev–Trinajstić information content (AvgIpc) is 2.17. The van der Waals surface area contributed by atoms with Gasteiger partial charge in [0.05, 0.1) is 0 Å². The van der Waals surface area contributed by atoms with E-state index in [0.29, 0.717) is 13.1 Å². The first kappa shape index (κ1) is 10.2. The Morgan fingerprint density at radius 2 is 1.69 bits per heavy atom. The second-order valence-electron chi connectivity index (χ2n) is 3.28. The van der Waals surface area contributed by atoms with Crippen LogP contribution in [0.4, 0.5) is 0 Å². The van der Waals surface area contributed by atoms with Crippen LogP contribution in [0, 0.1) is 0 Å². The molecular weight excluding hydrogens is 168 g/mol. The SMILES string of the molecule is CCN1CCN(C(=O)C(C)=O)CC1. The van der Waals surface area contributed by atoms with Crippen LogP contribution >= 0.6 is 0 Å². The molecule has 4 nitrogen and oxygen atoms in total. The maximum atomic E-state index is 11.3. The topological polar surface area (TPSA) is 40.6 Å². The summed E-state index contributed by atoms with van der Waals surface area (Å²) >= 11 is 0. The van der Waals surface area contributed by atoms with Gasteiger partial charge in [0.1, 0.15) is 0 Å². The average molecular weight is 184 g/mol. The Morgan fingerprint density at radius 3 is 2.08 bits per heavy atom. The van der Waals surface area contributed by atoms with E-state index in [1.54, 1.807) is 4.90 Å². The lowest BCUT2D eigenvalue weighted by Gasteiger charge is -2.33. The lowest BCUT2D eigenvalue weighted by atomic mass is 10.3. The third-order valence-electron chi connectivity index (χ3n) is 2.41. The highest BCUT2D eigenvalue weighted by atomic mass is 16.2. The van der Waals surface area contributed by atoms with Gasteiger partial charge in [-0.2, -0.15) is 0 Å². The van der Waals surface area contributed by atoms with Gasteiger partial charge >= 0.3 is 0 Å². The summed E-state index contributed by atoms with van der Waals surface area (Å²) in [5, 5.41) is 0. The highest BCUT2D eigenvalue weighted by Crippen LogP contribution is 2.01. The molecule has 13 heavy (non-hydrogen) atoms. The third kappa shape index (κ3) is 2.52.